The largest absolute Gasteiger partial charge is 0.365 e. The van der Waals surface area contributed by atoms with Gasteiger partial charge in [-0.05, 0) is 45.4 Å². The fourth-order valence-corrected chi connectivity index (χ4v) is 2.39. The van der Waals surface area contributed by atoms with Gasteiger partial charge in [0.25, 0.3) is 0 Å². The number of nitrogens with one attached hydrogen (secondary N) is 1. The first-order chi connectivity index (χ1) is 8.56. The van der Waals surface area contributed by atoms with Crippen molar-refractivity contribution < 1.29 is 9.53 Å². The highest BCUT2D eigenvalue weighted by atomic mass is 16.5. The van der Waals surface area contributed by atoms with Crippen LogP contribution in [-0.2, 0) is 9.53 Å². The third-order valence-electron chi connectivity index (χ3n) is 3.82. The SMILES string of the molecule is CCC(CC)NC(=O)C(C)OC1CCC(N)CC1. The number of nitrogens with two attached hydrogens (primary N) is 1. The van der Waals surface area contributed by atoms with E-state index in [1.807, 2.05) is 6.92 Å². The van der Waals surface area contributed by atoms with Crippen LogP contribution in [0, 0.1) is 0 Å². The molecule has 1 amide bonds. The van der Waals surface area contributed by atoms with Gasteiger partial charge in [-0.3, -0.25) is 4.79 Å². The molecular formula is C14H28N2O2. The molecule has 0 saturated heterocycles. The first-order valence-electron chi connectivity index (χ1n) is 7.28. The molecular weight excluding hydrogens is 228 g/mol. The maximum absolute atomic E-state index is 11.9. The summed E-state index contributed by atoms with van der Waals surface area (Å²) < 4.78 is 5.82. The van der Waals surface area contributed by atoms with E-state index >= 15 is 0 Å². The van der Waals surface area contributed by atoms with E-state index in [1.54, 1.807) is 0 Å². The minimum atomic E-state index is -0.357. The Kier molecular flexibility index (Phi) is 6.65. The summed E-state index contributed by atoms with van der Waals surface area (Å²) in [4.78, 5) is 11.9. The van der Waals surface area contributed by atoms with Crippen molar-refractivity contribution in [1.29, 1.82) is 0 Å². The third kappa shape index (κ3) is 4.94. The fourth-order valence-electron chi connectivity index (χ4n) is 2.39. The van der Waals surface area contributed by atoms with Crippen molar-refractivity contribution in [3.63, 3.8) is 0 Å². The fraction of sp³-hybridized carbons (Fsp3) is 0.929. The molecule has 1 aliphatic carbocycles. The molecule has 1 fully saturated rings. The number of hydrogen-bond acceptors (Lipinski definition) is 3. The van der Waals surface area contributed by atoms with Crippen LogP contribution in [0.2, 0.25) is 0 Å². The Hall–Kier alpha value is -0.610. The van der Waals surface area contributed by atoms with Gasteiger partial charge in [-0.15, -0.1) is 0 Å². The standard InChI is InChI=1S/C14H28N2O2/c1-4-12(5-2)16-14(17)10(3)18-13-8-6-11(15)7-9-13/h10-13H,4-9,15H2,1-3H3,(H,16,17). The molecule has 18 heavy (non-hydrogen) atoms. The minimum Gasteiger partial charge on any atom is -0.365 e. The predicted octanol–water partition coefficient (Wildman–Crippen LogP) is 1.97. The normalized spacial score (nSPS) is 26.1. The molecule has 0 radical (unpaired) electrons. The molecule has 1 atom stereocenters. The lowest BCUT2D eigenvalue weighted by Gasteiger charge is -2.29. The van der Waals surface area contributed by atoms with E-state index in [0.717, 1.165) is 38.5 Å². The van der Waals surface area contributed by atoms with Crippen molar-refractivity contribution >= 4 is 5.91 Å². The van der Waals surface area contributed by atoms with E-state index in [0.29, 0.717) is 6.04 Å². The number of rotatable bonds is 6. The molecule has 0 aromatic rings. The second-order valence-corrected chi connectivity index (χ2v) is 5.34. The van der Waals surface area contributed by atoms with E-state index in [1.165, 1.54) is 0 Å². The van der Waals surface area contributed by atoms with Crippen LogP contribution in [0.15, 0.2) is 0 Å². The van der Waals surface area contributed by atoms with Crippen LogP contribution in [0.3, 0.4) is 0 Å². The predicted molar refractivity (Wildman–Crippen MR) is 73.3 cm³/mol. The topological polar surface area (TPSA) is 64.3 Å². The highest BCUT2D eigenvalue weighted by Crippen LogP contribution is 2.21. The molecule has 0 aromatic carbocycles. The lowest BCUT2D eigenvalue weighted by molar-refractivity contribution is -0.137. The summed E-state index contributed by atoms with van der Waals surface area (Å²) in [5.41, 5.74) is 5.85. The van der Waals surface area contributed by atoms with Crippen molar-refractivity contribution in [2.24, 2.45) is 5.73 Å². The van der Waals surface area contributed by atoms with Gasteiger partial charge >= 0.3 is 0 Å². The molecule has 3 N–H and O–H groups in total. The molecule has 0 heterocycles. The Morgan fingerprint density at radius 2 is 1.83 bits per heavy atom. The smallest absolute Gasteiger partial charge is 0.249 e. The van der Waals surface area contributed by atoms with E-state index in [9.17, 15) is 4.79 Å². The summed E-state index contributed by atoms with van der Waals surface area (Å²) in [6.45, 7) is 6.01. The Morgan fingerprint density at radius 1 is 1.28 bits per heavy atom. The number of hydrogen-bond donors (Lipinski definition) is 2. The van der Waals surface area contributed by atoms with Gasteiger partial charge in [-0.1, -0.05) is 13.8 Å². The Labute approximate surface area is 111 Å². The molecule has 1 saturated carbocycles. The molecule has 0 bridgehead atoms. The molecule has 0 aromatic heterocycles. The van der Waals surface area contributed by atoms with Crippen molar-refractivity contribution in [2.75, 3.05) is 0 Å². The molecule has 4 heteroatoms. The molecule has 0 aliphatic heterocycles. The van der Waals surface area contributed by atoms with Gasteiger partial charge in [0.1, 0.15) is 6.10 Å². The Morgan fingerprint density at radius 3 is 2.33 bits per heavy atom. The maximum atomic E-state index is 11.9. The van der Waals surface area contributed by atoms with Crippen molar-refractivity contribution in [2.45, 2.75) is 83.6 Å². The number of amides is 1. The summed E-state index contributed by atoms with van der Waals surface area (Å²) in [5, 5.41) is 3.03. The van der Waals surface area contributed by atoms with Crippen LogP contribution >= 0.6 is 0 Å². The summed E-state index contributed by atoms with van der Waals surface area (Å²) in [6.07, 6.45) is 5.74. The van der Waals surface area contributed by atoms with Crippen molar-refractivity contribution in [3.05, 3.63) is 0 Å². The summed E-state index contributed by atoms with van der Waals surface area (Å²) >= 11 is 0. The Balaban J connectivity index is 2.31. The number of carbonyl (C=O) groups excluding carboxylic acids is 1. The lowest BCUT2D eigenvalue weighted by Crippen LogP contribution is -2.43. The van der Waals surface area contributed by atoms with Gasteiger partial charge in [0.15, 0.2) is 0 Å². The van der Waals surface area contributed by atoms with Crippen molar-refractivity contribution in [3.8, 4) is 0 Å². The molecule has 1 aliphatic rings. The Bertz CT molecular complexity index is 246. The monoisotopic (exact) mass is 256 g/mol. The first-order valence-corrected chi connectivity index (χ1v) is 7.28. The average Bonchev–Trinajstić information content (AvgIpc) is 2.38. The second kappa shape index (κ2) is 7.74. The van der Waals surface area contributed by atoms with Crippen LogP contribution in [0.4, 0.5) is 0 Å². The maximum Gasteiger partial charge on any atom is 0.249 e. The second-order valence-electron chi connectivity index (χ2n) is 5.34. The van der Waals surface area contributed by atoms with Crippen LogP contribution in [0.25, 0.3) is 0 Å². The van der Waals surface area contributed by atoms with Gasteiger partial charge in [0.2, 0.25) is 5.91 Å². The van der Waals surface area contributed by atoms with E-state index in [-0.39, 0.29) is 24.2 Å². The average molecular weight is 256 g/mol. The minimum absolute atomic E-state index is 0.0126. The van der Waals surface area contributed by atoms with E-state index in [2.05, 4.69) is 19.2 Å². The van der Waals surface area contributed by atoms with E-state index < -0.39 is 0 Å². The summed E-state index contributed by atoms with van der Waals surface area (Å²) in [7, 11) is 0. The van der Waals surface area contributed by atoms with Crippen LogP contribution < -0.4 is 11.1 Å². The summed E-state index contributed by atoms with van der Waals surface area (Å²) in [5.74, 6) is 0.0126. The van der Waals surface area contributed by atoms with Crippen molar-refractivity contribution in [1.82, 2.24) is 5.32 Å². The molecule has 1 unspecified atom stereocenters. The zero-order valence-corrected chi connectivity index (χ0v) is 11.9. The van der Waals surface area contributed by atoms with Crippen LogP contribution in [0.5, 0.6) is 0 Å². The number of ether oxygens (including phenoxy) is 1. The van der Waals surface area contributed by atoms with Gasteiger partial charge in [-0.25, -0.2) is 0 Å². The van der Waals surface area contributed by atoms with Gasteiger partial charge < -0.3 is 15.8 Å². The number of carbonyl (C=O) groups is 1. The van der Waals surface area contributed by atoms with E-state index in [4.69, 9.17) is 10.5 Å². The molecule has 4 nitrogen and oxygen atoms in total. The molecule has 0 spiro atoms. The highest BCUT2D eigenvalue weighted by molar-refractivity contribution is 5.80. The lowest BCUT2D eigenvalue weighted by atomic mass is 9.93. The van der Waals surface area contributed by atoms with Gasteiger partial charge in [-0.2, -0.15) is 0 Å². The molecule has 106 valence electrons. The molecule has 1 rings (SSSR count). The highest BCUT2D eigenvalue weighted by Gasteiger charge is 2.24. The van der Waals surface area contributed by atoms with Crippen LogP contribution in [-0.4, -0.2) is 30.2 Å². The zero-order chi connectivity index (χ0) is 13.5. The first kappa shape index (κ1) is 15.4. The zero-order valence-electron chi connectivity index (χ0n) is 11.9. The van der Waals surface area contributed by atoms with Crippen LogP contribution in [0.1, 0.15) is 59.3 Å². The summed E-state index contributed by atoms with van der Waals surface area (Å²) in [6, 6.07) is 0.585. The quantitative estimate of drug-likeness (QED) is 0.763. The van der Waals surface area contributed by atoms with Gasteiger partial charge in [0.05, 0.1) is 6.10 Å². The van der Waals surface area contributed by atoms with Gasteiger partial charge in [0, 0.05) is 12.1 Å². The third-order valence-corrected chi connectivity index (χ3v) is 3.82.